The molecule has 4 heteroatoms. The van der Waals surface area contributed by atoms with Crippen LogP contribution in [0.4, 0.5) is 0 Å². The van der Waals surface area contributed by atoms with Gasteiger partial charge in [-0.3, -0.25) is 11.3 Å². The van der Waals surface area contributed by atoms with E-state index < -0.39 is 0 Å². The van der Waals surface area contributed by atoms with Crippen LogP contribution in [0.2, 0.25) is 0 Å². The van der Waals surface area contributed by atoms with Crippen molar-refractivity contribution in [1.29, 1.82) is 0 Å². The molecule has 0 spiro atoms. The molecule has 0 aromatic heterocycles. The summed E-state index contributed by atoms with van der Waals surface area (Å²) in [6.45, 7) is 7.80. The van der Waals surface area contributed by atoms with Gasteiger partial charge in [-0.2, -0.15) is 0 Å². The molecule has 0 aliphatic rings. The van der Waals surface area contributed by atoms with Gasteiger partial charge in [-0.05, 0) is 25.7 Å². The van der Waals surface area contributed by atoms with Gasteiger partial charge in [-0.15, -0.1) is 0 Å². The molecule has 0 amide bonds. The maximum Gasteiger partial charge on any atom is 0.0741 e. The second-order valence-electron chi connectivity index (χ2n) is 3.85. The Morgan fingerprint density at radius 3 is 2.40 bits per heavy atom. The Hall–Kier alpha value is -0.160. The van der Waals surface area contributed by atoms with Gasteiger partial charge < -0.3 is 9.47 Å². The van der Waals surface area contributed by atoms with E-state index in [0.717, 1.165) is 26.1 Å². The first-order chi connectivity index (χ1) is 7.21. The van der Waals surface area contributed by atoms with Gasteiger partial charge in [-0.1, -0.05) is 13.8 Å². The number of methoxy groups -OCH3 is 1. The third kappa shape index (κ3) is 5.47. The molecule has 15 heavy (non-hydrogen) atoms. The molecular formula is C11H26N2O2. The van der Waals surface area contributed by atoms with Crippen LogP contribution >= 0.6 is 0 Å². The molecule has 92 valence electrons. The second kappa shape index (κ2) is 9.09. The second-order valence-corrected chi connectivity index (χ2v) is 3.85. The summed E-state index contributed by atoms with van der Waals surface area (Å²) < 4.78 is 10.7. The monoisotopic (exact) mass is 218 g/mol. The van der Waals surface area contributed by atoms with Gasteiger partial charge in [-0.25, -0.2) is 0 Å². The van der Waals surface area contributed by atoms with Crippen molar-refractivity contribution in [2.24, 2.45) is 11.8 Å². The minimum Gasteiger partial charge on any atom is -0.385 e. The number of nitrogens with two attached hydrogens (primary N) is 1. The van der Waals surface area contributed by atoms with E-state index in [9.17, 15) is 0 Å². The van der Waals surface area contributed by atoms with Crippen molar-refractivity contribution in [3.63, 3.8) is 0 Å². The van der Waals surface area contributed by atoms with E-state index >= 15 is 0 Å². The van der Waals surface area contributed by atoms with Crippen LogP contribution in [0.15, 0.2) is 0 Å². The van der Waals surface area contributed by atoms with Gasteiger partial charge in [0.15, 0.2) is 0 Å². The highest BCUT2D eigenvalue weighted by Gasteiger charge is 2.24. The first-order valence-electron chi connectivity index (χ1n) is 5.77. The van der Waals surface area contributed by atoms with E-state index in [1.807, 2.05) is 6.92 Å². The molecule has 0 aromatic rings. The van der Waals surface area contributed by atoms with E-state index in [1.54, 1.807) is 7.11 Å². The zero-order valence-electron chi connectivity index (χ0n) is 10.5. The Morgan fingerprint density at radius 2 is 2.00 bits per heavy atom. The van der Waals surface area contributed by atoms with Crippen LogP contribution in [0.25, 0.3) is 0 Å². The molecule has 0 aromatic carbocycles. The lowest BCUT2D eigenvalue weighted by molar-refractivity contribution is 0.0128. The Labute approximate surface area is 93.5 Å². The molecule has 0 aliphatic carbocycles. The zero-order chi connectivity index (χ0) is 11.7. The summed E-state index contributed by atoms with van der Waals surface area (Å²) >= 11 is 0. The van der Waals surface area contributed by atoms with Crippen LogP contribution in [-0.2, 0) is 9.47 Å². The predicted molar refractivity (Wildman–Crippen MR) is 62.5 cm³/mol. The average molecular weight is 218 g/mol. The van der Waals surface area contributed by atoms with E-state index in [0.29, 0.717) is 5.92 Å². The highest BCUT2D eigenvalue weighted by atomic mass is 16.5. The summed E-state index contributed by atoms with van der Waals surface area (Å²) in [4.78, 5) is 0. The summed E-state index contributed by atoms with van der Waals surface area (Å²) in [5, 5.41) is 0. The Kier molecular flexibility index (Phi) is 9.00. The molecule has 0 fully saturated rings. The molecule has 4 nitrogen and oxygen atoms in total. The summed E-state index contributed by atoms with van der Waals surface area (Å²) in [7, 11) is 1.72. The number of ether oxygens (including phenoxy) is 2. The molecule has 0 radical (unpaired) electrons. The number of hydrogen-bond acceptors (Lipinski definition) is 4. The van der Waals surface area contributed by atoms with E-state index in [-0.39, 0.29) is 12.1 Å². The molecule has 3 unspecified atom stereocenters. The highest BCUT2D eigenvalue weighted by molar-refractivity contribution is 4.79. The number of nitrogens with one attached hydrogen (secondary N) is 1. The van der Waals surface area contributed by atoms with Crippen LogP contribution in [0.1, 0.15) is 33.6 Å². The fraction of sp³-hybridized carbons (Fsp3) is 1.00. The van der Waals surface area contributed by atoms with Crippen LogP contribution in [0.5, 0.6) is 0 Å². The first kappa shape index (κ1) is 14.8. The lowest BCUT2D eigenvalue weighted by atomic mass is 9.93. The molecule has 0 saturated heterocycles. The molecule has 0 heterocycles. The molecule has 0 aliphatic heterocycles. The normalized spacial score (nSPS) is 17.4. The van der Waals surface area contributed by atoms with Gasteiger partial charge >= 0.3 is 0 Å². The topological polar surface area (TPSA) is 56.5 Å². The van der Waals surface area contributed by atoms with Crippen molar-refractivity contribution >= 4 is 0 Å². The Bertz CT molecular complexity index is 145. The van der Waals surface area contributed by atoms with Gasteiger partial charge in [0.05, 0.1) is 6.10 Å². The Balaban J connectivity index is 4.15. The standard InChI is InChI=1S/C11H26N2O2/c1-5-10(15-6-2)11(13-12)9(3)7-8-14-4/h9-11,13H,5-8,12H2,1-4H3. The van der Waals surface area contributed by atoms with E-state index in [4.69, 9.17) is 15.3 Å². The Morgan fingerprint density at radius 1 is 1.33 bits per heavy atom. The number of hydrogen-bond donors (Lipinski definition) is 2. The average Bonchev–Trinajstić information content (AvgIpc) is 2.26. The molecule has 0 rings (SSSR count). The summed E-state index contributed by atoms with van der Waals surface area (Å²) in [5.41, 5.74) is 2.87. The van der Waals surface area contributed by atoms with E-state index in [2.05, 4.69) is 19.3 Å². The molecule has 3 N–H and O–H groups in total. The fourth-order valence-corrected chi connectivity index (χ4v) is 1.81. The fourth-order valence-electron chi connectivity index (χ4n) is 1.81. The molecule has 0 bridgehead atoms. The minimum absolute atomic E-state index is 0.187. The maximum absolute atomic E-state index is 5.66. The summed E-state index contributed by atoms with van der Waals surface area (Å²) in [6.07, 6.45) is 2.15. The highest BCUT2D eigenvalue weighted by Crippen LogP contribution is 2.16. The van der Waals surface area contributed by atoms with Crippen molar-refractivity contribution in [2.45, 2.75) is 45.8 Å². The van der Waals surface area contributed by atoms with Crippen molar-refractivity contribution in [3.05, 3.63) is 0 Å². The maximum atomic E-state index is 5.66. The number of rotatable bonds is 9. The third-order valence-corrected chi connectivity index (χ3v) is 2.77. The summed E-state index contributed by atoms with van der Waals surface area (Å²) in [5.74, 6) is 6.03. The van der Waals surface area contributed by atoms with Crippen LogP contribution in [0.3, 0.4) is 0 Å². The van der Waals surface area contributed by atoms with Crippen molar-refractivity contribution in [1.82, 2.24) is 5.43 Å². The number of hydrazine groups is 1. The molecule has 3 atom stereocenters. The van der Waals surface area contributed by atoms with Gasteiger partial charge in [0.25, 0.3) is 0 Å². The largest absolute Gasteiger partial charge is 0.385 e. The van der Waals surface area contributed by atoms with Crippen LogP contribution in [0, 0.1) is 5.92 Å². The summed E-state index contributed by atoms with van der Waals surface area (Å²) in [6, 6.07) is 0.199. The third-order valence-electron chi connectivity index (χ3n) is 2.77. The molecule has 0 saturated carbocycles. The van der Waals surface area contributed by atoms with Crippen molar-refractivity contribution in [3.8, 4) is 0 Å². The predicted octanol–water partition coefficient (Wildman–Crippen LogP) is 1.31. The molecular weight excluding hydrogens is 192 g/mol. The van der Waals surface area contributed by atoms with Gasteiger partial charge in [0.1, 0.15) is 0 Å². The smallest absolute Gasteiger partial charge is 0.0741 e. The first-order valence-corrected chi connectivity index (χ1v) is 5.77. The van der Waals surface area contributed by atoms with Gasteiger partial charge in [0.2, 0.25) is 0 Å². The zero-order valence-corrected chi connectivity index (χ0v) is 10.5. The van der Waals surface area contributed by atoms with Crippen molar-refractivity contribution in [2.75, 3.05) is 20.3 Å². The quantitative estimate of drug-likeness (QED) is 0.452. The lowest BCUT2D eigenvalue weighted by Crippen LogP contribution is -2.49. The van der Waals surface area contributed by atoms with Gasteiger partial charge in [0, 0.05) is 26.4 Å². The minimum atomic E-state index is 0.187. The lowest BCUT2D eigenvalue weighted by Gasteiger charge is -2.30. The SMILES string of the molecule is CCOC(CC)C(NN)C(C)CCOC. The van der Waals surface area contributed by atoms with Crippen LogP contribution in [-0.4, -0.2) is 32.5 Å². The van der Waals surface area contributed by atoms with E-state index in [1.165, 1.54) is 0 Å². The van der Waals surface area contributed by atoms with Crippen molar-refractivity contribution < 1.29 is 9.47 Å². The van der Waals surface area contributed by atoms with Crippen LogP contribution < -0.4 is 11.3 Å².